The molecule has 0 aliphatic carbocycles. The van der Waals surface area contributed by atoms with E-state index in [0.29, 0.717) is 17.8 Å². The molecule has 0 spiro atoms. The molecule has 0 saturated carbocycles. The average Bonchev–Trinajstić information content (AvgIpc) is 2.73. The zero-order valence-corrected chi connectivity index (χ0v) is 15.9. The number of benzene rings is 3. The Hall–Kier alpha value is -3.80. The van der Waals surface area contributed by atoms with E-state index >= 15 is 0 Å². The molecule has 0 heterocycles. The second-order valence-electron chi connectivity index (χ2n) is 6.44. The molecule has 0 aliphatic heterocycles. The van der Waals surface area contributed by atoms with Crippen molar-refractivity contribution >= 4 is 23.2 Å². The Morgan fingerprint density at radius 1 is 0.897 bits per heavy atom. The number of halogens is 1. The van der Waals surface area contributed by atoms with Crippen LogP contribution in [0.2, 0.25) is 0 Å². The van der Waals surface area contributed by atoms with E-state index < -0.39 is 11.7 Å². The molecule has 0 saturated heterocycles. The highest BCUT2D eigenvalue weighted by molar-refractivity contribution is 6.01. The van der Waals surface area contributed by atoms with Crippen molar-refractivity contribution in [3.63, 3.8) is 0 Å². The molecule has 3 aromatic carbocycles. The molecule has 0 aromatic heterocycles. The highest BCUT2D eigenvalue weighted by atomic mass is 19.1. The molecule has 0 radical (unpaired) electrons. The number of nitrogens with zero attached hydrogens (tertiary/aromatic N) is 1. The van der Waals surface area contributed by atoms with E-state index in [1.165, 1.54) is 18.2 Å². The Balaban J connectivity index is 1.58. The van der Waals surface area contributed by atoms with Crippen LogP contribution < -0.4 is 10.7 Å². The number of hydrogen-bond acceptors (Lipinski definition) is 3. The first-order valence-electron chi connectivity index (χ1n) is 9.05. The Morgan fingerprint density at radius 2 is 1.62 bits per heavy atom. The van der Waals surface area contributed by atoms with Crippen molar-refractivity contribution in [1.82, 2.24) is 5.43 Å². The summed E-state index contributed by atoms with van der Waals surface area (Å²) < 4.78 is 13.2. The van der Waals surface area contributed by atoms with E-state index in [4.69, 9.17) is 0 Å². The minimum atomic E-state index is -0.492. The van der Waals surface area contributed by atoms with Gasteiger partial charge in [-0.15, -0.1) is 0 Å². The largest absolute Gasteiger partial charge is 0.326 e. The minimum absolute atomic E-state index is 0.100. The maximum Gasteiger partial charge on any atom is 0.271 e. The van der Waals surface area contributed by atoms with Crippen LogP contribution in [0.4, 0.5) is 10.1 Å². The molecule has 0 aliphatic rings. The van der Waals surface area contributed by atoms with Crippen molar-refractivity contribution < 1.29 is 14.0 Å². The van der Waals surface area contributed by atoms with Gasteiger partial charge in [-0.1, -0.05) is 48.5 Å². The number of hydrazone groups is 1. The summed E-state index contributed by atoms with van der Waals surface area (Å²) in [5, 5.41) is 6.90. The van der Waals surface area contributed by atoms with Crippen LogP contribution in [0, 0.1) is 5.82 Å². The minimum Gasteiger partial charge on any atom is -0.326 e. The number of carbonyl (C=O) groups excluding carboxylic acids is 2. The SMILES string of the molecule is CC(=NNC(=O)c1cccc(F)c1)c1ccc(NC(=O)Cc2ccccc2)cc1. The predicted molar refractivity (Wildman–Crippen MR) is 111 cm³/mol. The first kappa shape index (κ1) is 19.9. The van der Waals surface area contributed by atoms with Gasteiger partial charge in [0, 0.05) is 11.3 Å². The fraction of sp³-hybridized carbons (Fsp3) is 0.0870. The van der Waals surface area contributed by atoms with Gasteiger partial charge in [0.15, 0.2) is 0 Å². The van der Waals surface area contributed by atoms with Crippen LogP contribution in [-0.4, -0.2) is 17.5 Å². The molecule has 0 fully saturated rings. The Bertz CT molecular complexity index is 1030. The standard InChI is InChI=1S/C23H20FN3O2/c1-16(26-27-23(29)19-8-5-9-20(24)15-19)18-10-12-21(13-11-18)25-22(28)14-17-6-3-2-4-7-17/h2-13,15H,14H2,1H3,(H,25,28)(H,27,29). The van der Waals surface area contributed by atoms with Crippen LogP contribution in [0.3, 0.4) is 0 Å². The first-order valence-corrected chi connectivity index (χ1v) is 9.05. The van der Waals surface area contributed by atoms with Gasteiger partial charge in [-0.2, -0.15) is 5.10 Å². The average molecular weight is 389 g/mol. The molecule has 5 nitrogen and oxygen atoms in total. The lowest BCUT2D eigenvalue weighted by Crippen LogP contribution is -2.19. The van der Waals surface area contributed by atoms with Gasteiger partial charge < -0.3 is 5.32 Å². The fourth-order valence-corrected chi connectivity index (χ4v) is 2.67. The zero-order valence-electron chi connectivity index (χ0n) is 15.9. The van der Waals surface area contributed by atoms with Crippen molar-refractivity contribution in [3.05, 3.63) is 101 Å². The summed E-state index contributed by atoms with van der Waals surface area (Å²) in [4.78, 5) is 24.2. The van der Waals surface area contributed by atoms with Crippen LogP contribution in [0.1, 0.15) is 28.4 Å². The van der Waals surface area contributed by atoms with E-state index in [-0.39, 0.29) is 11.5 Å². The highest BCUT2D eigenvalue weighted by Crippen LogP contribution is 2.12. The van der Waals surface area contributed by atoms with Gasteiger partial charge in [0.25, 0.3) is 5.91 Å². The molecule has 0 unspecified atom stereocenters. The second kappa shape index (κ2) is 9.41. The van der Waals surface area contributed by atoms with Gasteiger partial charge in [-0.3, -0.25) is 9.59 Å². The number of anilines is 1. The van der Waals surface area contributed by atoms with Crippen molar-refractivity contribution in [3.8, 4) is 0 Å². The molecule has 29 heavy (non-hydrogen) atoms. The first-order chi connectivity index (χ1) is 14.0. The second-order valence-corrected chi connectivity index (χ2v) is 6.44. The van der Waals surface area contributed by atoms with Gasteiger partial charge >= 0.3 is 0 Å². The van der Waals surface area contributed by atoms with Crippen molar-refractivity contribution in [2.24, 2.45) is 5.10 Å². The lowest BCUT2D eigenvalue weighted by atomic mass is 10.1. The summed E-state index contributed by atoms with van der Waals surface area (Å²) in [5.74, 6) is -1.08. The summed E-state index contributed by atoms with van der Waals surface area (Å²) in [6.07, 6.45) is 0.301. The van der Waals surface area contributed by atoms with E-state index in [1.54, 1.807) is 31.2 Å². The third-order valence-electron chi connectivity index (χ3n) is 4.21. The normalized spacial score (nSPS) is 11.0. The van der Waals surface area contributed by atoms with E-state index in [2.05, 4.69) is 15.8 Å². The molecule has 146 valence electrons. The predicted octanol–water partition coefficient (Wildman–Crippen LogP) is 4.16. The van der Waals surface area contributed by atoms with Crippen LogP contribution in [0.5, 0.6) is 0 Å². The van der Waals surface area contributed by atoms with Crippen LogP contribution in [-0.2, 0) is 11.2 Å². The number of hydrogen-bond donors (Lipinski definition) is 2. The van der Waals surface area contributed by atoms with Crippen LogP contribution in [0.25, 0.3) is 0 Å². The molecule has 2 N–H and O–H groups in total. The summed E-state index contributed by atoms with van der Waals surface area (Å²) in [6, 6.07) is 22.0. The van der Waals surface area contributed by atoms with E-state index in [1.807, 2.05) is 30.3 Å². The zero-order chi connectivity index (χ0) is 20.6. The third kappa shape index (κ3) is 5.84. The Morgan fingerprint density at radius 3 is 2.31 bits per heavy atom. The molecular formula is C23H20FN3O2. The molecule has 3 aromatic rings. The maximum absolute atomic E-state index is 13.2. The van der Waals surface area contributed by atoms with Crippen molar-refractivity contribution in [1.29, 1.82) is 0 Å². The van der Waals surface area contributed by atoms with Crippen LogP contribution >= 0.6 is 0 Å². The molecular weight excluding hydrogens is 369 g/mol. The molecule has 0 atom stereocenters. The van der Waals surface area contributed by atoms with Gasteiger partial charge in [-0.05, 0) is 48.4 Å². The summed E-state index contributed by atoms with van der Waals surface area (Å²) in [7, 11) is 0. The summed E-state index contributed by atoms with van der Waals surface area (Å²) >= 11 is 0. The van der Waals surface area contributed by atoms with Gasteiger partial charge in [0.05, 0.1) is 12.1 Å². The Kier molecular flexibility index (Phi) is 6.47. The van der Waals surface area contributed by atoms with E-state index in [9.17, 15) is 14.0 Å². The quantitative estimate of drug-likeness (QED) is 0.491. The topological polar surface area (TPSA) is 70.6 Å². The smallest absolute Gasteiger partial charge is 0.271 e. The van der Waals surface area contributed by atoms with Crippen molar-refractivity contribution in [2.45, 2.75) is 13.3 Å². The van der Waals surface area contributed by atoms with Gasteiger partial charge in [0.1, 0.15) is 5.82 Å². The highest BCUT2D eigenvalue weighted by Gasteiger charge is 2.07. The van der Waals surface area contributed by atoms with Crippen molar-refractivity contribution in [2.75, 3.05) is 5.32 Å². The number of rotatable bonds is 6. The molecule has 6 heteroatoms. The Labute approximate surface area is 168 Å². The summed E-state index contributed by atoms with van der Waals surface area (Å²) in [5.41, 5.74) is 5.58. The maximum atomic E-state index is 13.2. The number of carbonyl (C=O) groups is 2. The lowest BCUT2D eigenvalue weighted by Gasteiger charge is -2.07. The molecule has 0 bridgehead atoms. The van der Waals surface area contributed by atoms with Gasteiger partial charge in [0.2, 0.25) is 5.91 Å². The van der Waals surface area contributed by atoms with Gasteiger partial charge in [-0.25, -0.2) is 9.82 Å². The fourth-order valence-electron chi connectivity index (χ4n) is 2.67. The number of amides is 2. The molecule has 3 rings (SSSR count). The monoisotopic (exact) mass is 389 g/mol. The lowest BCUT2D eigenvalue weighted by molar-refractivity contribution is -0.115. The molecule has 2 amide bonds. The van der Waals surface area contributed by atoms with Crippen LogP contribution in [0.15, 0.2) is 84.0 Å². The number of nitrogens with one attached hydrogen (secondary N) is 2. The summed E-state index contributed by atoms with van der Waals surface area (Å²) in [6.45, 7) is 1.74. The van der Waals surface area contributed by atoms with E-state index in [0.717, 1.165) is 17.2 Å². The third-order valence-corrected chi connectivity index (χ3v) is 4.21.